The first-order valence-corrected chi connectivity index (χ1v) is 11.7. The smallest absolute Gasteiger partial charge is 0.344 e. The Morgan fingerprint density at radius 2 is 1.88 bits per heavy atom. The van der Waals surface area contributed by atoms with Crippen molar-refractivity contribution in [3.63, 3.8) is 0 Å². The molecular weight excluding hydrogens is 497 g/mol. The van der Waals surface area contributed by atoms with Crippen LogP contribution >= 0.6 is 35.0 Å². The Balaban J connectivity index is 1.68. The number of carbonyl (C=O) groups excluding carboxylic acids is 2. The van der Waals surface area contributed by atoms with Crippen LogP contribution in [0.3, 0.4) is 0 Å². The molecule has 0 atom stereocenters. The third-order valence-corrected chi connectivity index (χ3v) is 6.26. The highest BCUT2D eigenvalue weighted by Crippen LogP contribution is 2.40. The third kappa shape index (κ3) is 5.12. The van der Waals surface area contributed by atoms with Gasteiger partial charge in [-0.15, -0.1) is 0 Å². The van der Waals surface area contributed by atoms with Gasteiger partial charge < -0.3 is 14.3 Å². The lowest BCUT2D eigenvalue weighted by Crippen LogP contribution is -2.14. The second-order valence-electron chi connectivity index (χ2n) is 6.97. The van der Waals surface area contributed by atoms with Crippen molar-refractivity contribution in [1.29, 1.82) is 0 Å². The molecule has 1 amide bonds. The summed E-state index contributed by atoms with van der Waals surface area (Å²) in [5.74, 6) is -0.765. The van der Waals surface area contributed by atoms with Crippen LogP contribution in [-0.2, 0) is 9.53 Å². The van der Waals surface area contributed by atoms with E-state index in [0.29, 0.717) is 32.7 Å². The molecule has 2 heterocycles. The number of furan rings is 1. The van der Waals surface area contributed by atoms with Crippen molar-refractivity contribution in [1.82, 2.24) is 0 Å². The maximum atomic E-state index is 12.6. The molecule has 172 valence electrons. The van der Waals surface area contributed by atoms with Gasteiger partial charge >= 0.3 is 5.97 Å². The lowest BCUT2D eigenvalue weighted by molar-refractivity contribution is -0.138. The van der Waals surface area contributed by atoms with Gasteiger partial charge in [-0.3, -0.25) is 4.79 Å². The van der Waals surface area contributed by atoms with E-state index >= 15 is 0 Å². The molecule has 0 radical (unpaired) electrons. The van der Waals surface area contributed by atoms with Crippen molar-refractivity contribution in [2.45, 2.75) is 6.92 Å². The number of amides is 1. The molecule has 4 rings (SSSR count). The molecule has 1 aliphatic rings. The fraction of sp³-hybridized carbons (Fsp3) is 0.0800. The summed E-state index contributed by atoms with van der Waals surface area (Å²) in [5, 5.41) is 11.8. The first-order valence-electron chi connectivity index (χ1n) is 10.1. The number of esters is 1. The number of thioether (sulfide) groups is 1. The van der Waals surface area contributed by atoms with E-state index in [1.54, 1.807) is 73.7 Å². The van der Waals surface area contributed by atoms with Crippen molar-refractivity contribution < 1.29 is 23.8 Å². The van der Waals surface area contributed by atoms with Crippen molar-refractivity contribution in [3.05, 3.63) is 98.3 Å². The Labute approximate surface area is 209 Å². The number of aliphatic hydroxyl groups is 1. The van der Waals surface area contributed by atoms with E-state index in [-0.39, 0.29) is 27.9 Å². The first kappa shape index (κ1) is 23.9. The molecule has 0 spiro atoms. The van der Waals surface area contributed by atoms with Crippen LogP contribution < -0.4 is 0 Å². The summed E-state index contributed by atoms with van der Waals surface area (Å²) in [5.41, 5.74) is 0.832. The van der Waals surface area contributed by atoms with E-state index in [2.05, 4.69) is 4.99 Å². The predicted octanol–water partition coefficient (Wildman–Crippen LogP) is 6.96. The number of benzene rings is 2. The summed E-state index contributed by atoms with van der Waals surface area (Å²) in [7, 11) is 0. The maximum Gasteiger partial charge on any atom is 0.344 e. The summed E-state index contributed by atoms with van der Waals surface area (Å²) >= 11 is 13.2. The predicted molar refractivity (Wildman–Crippen MR) is 134 cm³/mol. The van der Waals surface area contributed by atoms with Gasteiger partial charge in [0, 0.05) is 16.1 Å². The average Bonchev–Trinajstić information content (AvgIpc) is 3.39. The van der Waals surface area contributed by atoms with Crippen LogP contribution in [0.5, 0.6) is 0 Å². The molecule has 6 nitrogen and oxygen atoms in total. The van der Waals surface area contributed by atoms with Gasteiger partial charge in [0.15, 0.2) is 0 Å². The number of nitrogens with zero attached hydrogens (tertiary/aromatic N) is 1. The normalized spacial score (nSPS) is 15.9. The Morgan fingerprint density at radius 3 is 2.59 bits per heavy atom. The van der Waals surface area contributed by atoms with E-state index in [9.17, 15) is 14.7 Å². The molecule has 0 aliphatic carbocycles. The fourth-order valence-corrected chi connectivity index (χ4v) is 4.62. The van der Waals surface area contributed by atoms with Gasteiger partial charge in [0.25, 0.3) is 5.91 Å². The van der Waals surface area contributed by atoms with Crippen molar-refractivity contribution in [2.24, 2.45) is 4.99 Å². The maximum absolute atomic E-state index is 12.6. The highest BCUT2D eigenvalue weighted by Gasteiger charge is 2.34. The van der Waals surface area contributed by atoms with Gasteiger partial charge in [-0.05, 0) is 55.5 Å². The fourth-order valence-electron chi connectivity index (χ4n) is 3.12. The summed E-state index contributed by atoms with van der Waals surface area (Å²) in [6.45, 7) is 1.75. The van der Waals surface area contributed by atoms with E-state index in [4.69, 9.17) is 32.4 Å². The van der Waals surface area contributed by atoms with Gasteiger partial charge in [-0.25, -0.2) is 9.79 Å². The zero-order valence-corrected chi connectivity index (χ0v) is 20.1. The Hall–Kier alpha value is -3.26. The van der Waals surface area contributed by atoms with Crippen molar-refractivity contribution >= 4 is 58.0 Å². The number of halogens is 2. The van der Waals surface area contributed by atoms with E-state index in [1.165, 1.54) is 0 Å². The van der Waals surface area contributed by atoms with Crippen LogP contribution in [-0.4, -0.2) is 28.6 Å². The van der Waals surface area contributed by atoms with Crippen LogP contribution in [0.2, 0.25) is 10.0 Å². The Kier molecular flexibility index (Phi) is 7.26. The average molecular weight is 514 g/mol. The van der Waals surface area contributed by atoms with Gasteiger partial charge in [0.1, 0.15) is 27.9 Å². The van der Waals surface area contributed by atoms with E-state index in [0.717, 1.165) is 11.8 Å². The molecule has 0 bridgehead atoms. The summed E-state index contributed by atoms with van der Waals surface area (Å²) in [4.78, 5) is 29.5. The number of hydrogen-bond acceptors (Lipinski definition) is 6. The molecule has 1 aromatic heterocycles. The minimum Gasteiger partial charge on any atom is -0.506 e. The van der Waals surface area contributed by atoms with Crippen LogP contribution in [0, 0.1) is 0 Å². The molecule has 0 unspecified atom stereocenters. The monoisotopic (exact) mass is 513 g/mol. The molecule has 9 heteroatoms. The number of aliphatic imine (C=N–C) groups is 1. The SMILES string of the molecule is CCOC(=O)C1=C(O)/C(=C/c2ccc(-c3ccc(Cl)cc3Cl)o2)SC1=NC(=O)c1ccccc1. The lowest BCUT2D eigenvalue weighted by atomic mass is 10.2. The largest absolute Gasteiger partial charge is 0.506 e. The third-order valence-electron chi connectivity index (χ3n) is 4.69. The number of rotatable bonds is 5. The van der Waals surface area contributed by atoms with Gasteiger partial charge in [0.05, 0.1) is 16.5 Å². The van der Waals surface area contributed by atoms with Crippen LogP contribution in [0.1, 0.15) is 23.0 Å². The highest BCUT2D eigenvalue weighted by atomic mass is 35.5. The molecule has 3 aromatic rings. The highest BCUT2D eigenvalue weighted by molar-refractivity contribution is 8.18. The van der Waals surface area contributed by atoms with E-state index < -0.39 is 11.9 Å². The van der Waals surface area contributed by atoms with Crippen molar-refractivity contribution in [3.8, 4) is 11.3 Å². The first-order chi connectivity index (χ1) is 16.4. The molecule has 34 heavy (non-hydrogen) atoms. The Bertz CT molecular complexity index is 1360. The van der Waals surface area contributed by atoms with Gasteiger partial charge in [-0.2, -0.15) is 0 Å². The second-order valence-corrected chi connectivity index (χ2v) is 8.84. The van der Waals surface area contributed by atoms with Gasteiger partial charge in [-0.1, -0.05) is 53.2 Å². The van der Waals surface area contributed by atoms with Crippen LogP contribution in [0.15, 0.2) is 86.3 Å². The van der Waals surface area contributed by atoms with Crippen molar-refractivity contribution in [2.75, 3.05) is 6.61 Å². The van der Waals surface area contributed by atoms with E-state index in [1.807, 2.05) is 0 Å². The topological polar surface area (TPSA) is 89.1 Å². The molecule has 1 N–H and O–H groups in total. The minimum atomic E-state index is -0.774. The molecule has 0 fully saturated rings. The Morgan fingerprint density at radius 1 is 1.12 bits per heavy atom. The molecule has 0 saturated carbocycles. The minimum absolute atomic E-state index is 0.0450. The lowest BCUT2D eigenvalue weighted by Gasteiger charge is -2.03. The number of carbonyl (C=O) groups is 2. The summed E-state index contributed by atoms with van der Waals surface area (Å²) in [6, 6.07) is 16.9. The molecule has 1 aliphatic heterocycles. The standard InChI is InChI=1S/C25H17Cl2NO5S/c1-2-32-25(31)21-22(29)20(34-24(21)28-23(30)14-6-4-3-5-7-14)13-16-9-11-19(33-16)17-10-8-15(26)12-18(17)27/h3-13,29H,2H2,1H3/b20-13-,28-24?. The summed E-state index contributed by atoms with van der Waals surface area (Å²) in [6.07, 6.45) is 1.54. The number of aliphatic hydroxyl groups excluding tert-OH is 1. The molecular formula is C25H17Cl2NO5S. The quantitative estimate of drug-likeness (QED) is 0.371. The zero-order chi connectivity index (χ0) is 24.2. The zero-order valence-electron chi connectivity index (χ0n) is 17.7. The summed E-state index contributed by atoms with van der Waals surface area (Å²) < 4.78 is 10.9. The number of ether oxygens (including phenoxy) is 1. The second kappa shape index (κ2) is 10.3. The van der Waals surface area contributed by atoms with Crippen LogP contribution in [0.25, 0.3) is 17.4 Å². The van der Waals surface area contributed by atoms with Gasteiger partial charge in [0.2, 0.25) is 0 Å². The van der Waals surface area contributed by atoms with Crippen LogP contribution in [0.4, 0.5) is 0 Å². The molecule has 0 saturated heterocycles. The number of hydrogen-bond donors (Lipinski definition) is 1. The molecule has 2 aromatic carbocycles.